The van der Waals surface area contributed by atoms with Crippen LogP contribution in [-0.2, 0) is 0 Å². The molecule has 1 N–H and O–H groups in total. The van der Waals surface area contributed by atoms with Gasteiger partial charge in [0.05, 0.1) is 15.9 Å². The van der Waals surface area contributed by atoms with Crippen LogP contribution >= 0.6 is 0 Å². The van der Waals surface area contributed by atoms with Gasteiger partial charge in [-0.2, -0.15) is 0 Å². The van der Waals surface area contributed by atoms with Crippen LogP contribution in [0.2, 0.25) is 0 Å². The van der Waals surface area contributed by atoms with Crippen molar-refractivity contribution in [1.82, 2.24) is 4.90 Å². The molecule has 0 spiro atoms. The minimum atomic E-state index is -0.848. The lowest BCUT2D eigenvalue weighted by Crippen LogP contribution is -2.37. The van der Waals surface area contributed by atoms with Crippen molar-refractivity contribution in [2.75, 3.05) is 18.4 Å². The fraction of sp³-hybridized carbons (Fsp3) is 0.300. The van der Waals surface area contributed by atoms with Gasteiger partial charge in [0.15, 0.2) is 0 Å². The minimum Gasteiger partial charge on any atom is -0.339 e. The second-order valence-corrected chi connectivity index (χ2v) is 7.23. The Balaban J connectivity index is 1.79. The van der Waals surface area contributed by atoms with Crippen molar-refractivity contribution in [1.29, 1.82) is 0 Å². The molecular weight excluding hydrogens is 392 g/mol. The first kappa shape index (κ1) is 20.9. The van der Waals surface area contributed by atoms with Gasteiger partial charge in [-0.15, -0.1) is 0 Å². The Morgan fingerprint density at radius 1 is 1.03 bits per heavy atom. The molecular formula is C20H20N4O6. The summed E-state index contributed by atoms with van der Waals surface area (Å²) in [6.07, 6.45) is 1.87. The molecule has 0 bridgehead atoms. The van der Waals surface area contributed by atoms with Crippen molar-refractivity contribution in [2.24, 2.45) is 5.92 Å². The number of nitrogens with zero attached hydrogens (tertiary/aromatic N) is 3. The van der Waals surface area contributed by atoms with Gasteiger partial charge in [0, 0.05) is 30.4 Å². The number of likely N-dealkylation sites (tertiary alicyclic amines) is 1. The van der Waals surface area contributed by atoms with Gasteiger partial charge in [-0.3, -0.25) is 29.8 Å². The summed E-state index contributed by atoms with van der Waals surface area (Å²) in [4.78, 5) is 47.5. The zero-order valence-corrected chi connectivity index (χ0v) is 16.2. The number of piperidine rings is 1. The van der Waals surface area contributed by atoms with Gasteiger partial charge < -0.3 is 10.2 Å². The number of benzene rings is 2. The highest BCUT2D eigenvalue weighted by molar-refractivity contribution is 6.07. The number of rotatable bonds is 5. The number of hydrogen-bond donors (Lipinski definition) is 1. The lowest BCUT2D eigenvalue weighted by atomic mass is 9.98. The number of nitrogens with one attached hydrogen (secondary N) is 1. The number of non-ortho nitro benzene ring substituents is 1. The third-order valence-corrected chi connectivity index (χ3v) is 5.07. The highest BCUT2D eigenvalue weighted by atomic mass is 16.6. The van der Waals surface area contributed by atoms with Gasteiger partial charge >= 0.3 is 0 Å². The average molecular weight is 412 g/mol. The van der Waals surface area contributed by atoms with E-state index in [9.17, 15) is 29.8 Å². The normalized spacial score (nSPS) is 14.2. The molecule has 156 valence electrons. The van der Waals surface area contributed by atoms with Gasteiger partial charge in [0.1, 0.15) is 5.56 Å². The molecule has 0 saturated carbocycles. The third kappa shape index (κ3) is 4.59. The van der Waals surface area contributed by atoms with E-state index in [2.05, 4.69) is 12.2 Å². The Morgan fingerprint density at radius 3 is 2.37 bits per heavy atom. The second kappa shape index (κ2) is 8.68. The summed E-state index contributed by atoms with van der Waals surface area (Å²) in [6.45, 7) is 3.49. The van der Waals surface area contributed by atoms with Gasteiger partial charge in [-0.1, -0.05) is 13.0 Å². The molecule has 10 heteroatoms. The Labute approximate surface area is 171 Å². The van der Waals surface area contributed by atoms with Crippen LogP contribution in [0, 0.1) is 26.1 Å². The summed E-state index contributed by atoms with van der Waals surface area (Å²) in [5.41, 5.74) is -0.769. The molecule has 2 amide bonds. The Morgan fingerprint density at radius 2 is 1.73 bits per heavy atom. The van der Waals surface area contributed by atoms with Crippen molar-refractivity contribution >= 4 is 28.9 Å². The molecule has 3 rings (SSSR count). The maximum absolute atomic E-state index is 12.7. The number of amides is 2. The van der Waals surface area contributed by atoms with Gasteiger partial charge in [-0.25, -0.2) is 0 Å². The molecule has 10 nitrogen and oxygen atoms in total. The quantitative estimate of drug-likeness (QED) is 0.588. The summed E-state index contributed by atoms with van der Waals surface area (Å²) in [5, 5.41) is 24.6. The molecule has 0 aromatic heterocycles. The molecule has 0 atom stereocenters. The highest BCUT2D eigenvalue weighted by Crippen LogP contribution is 2.26. The van der Waals surface area contributed by atoms with Crippen molar-refractivity contribution in [3.05, 3.63) is 73.8 Å². The van der Waals surface area contributed by atoms with E-state index in [1.54, 1.807) is 23.1 Å². The van der Waals surface area contributed by atoms with Crippen LogP contribution in [0.1, 0.15) is 40.5 Å². The van der Waals surface area contributed by atoms with Crippen molar-refractivity contribution < 1.29 is 19.4 Å². The molecule has 2 aromatic carbocycles. The predicted molar refractivity (Wildman–Crippen MR) is 108 cm³/mol. The van der Waals surface area contributed by atoms with E-state index in [0.29, 0.717) is 30.3 Å². The number of carbonyl (C=O) groups excluding carboxylic acids is 2. The average Bonchev–Trinajstić information content (AvgIpc) is 2.73. The molecule has 0 aliphatic carbocycles. The first-order valence-electron chi connectivity index (χ1n) is 9.40. The van der Waals surface area contributed by atoms with E-state index in [-0.39, 0.29) is 11.5 Å². The van der Waals surface area contributed by atoms with Crippen LogP contribution < -0.4 is 5.32 Å². The molecule has 1 aliphatic heterocycles. The van der Waals surface area contributed by atoms with Gasteiger partial charge in [0.25, 0.3) is 23.2 Å². The Kier molecular flexibility index (Phi) is 6.05. The lowest BCUT2D eigenvalue weighted by Gasteiger charge is -2.30. The molecule has 0 radical (unpaired) electrons. The molecule has 1 heterocycles. The van der Waals surface area contributed by atoms with Crippen LogP contribution in [0.3, 0.4) is 0 Å². The molecule has 2 aromatic rings. The number of nitro groups is 2. The first-order chi connectivity index (χ1) is 14.3. The van der Waals surface area contributed by atoms with E-state index >= 15 is 0 Å². The third-order valence-electron chi connectivity index (χ3n) is 5.07. The summed E-state index contributed by atoms with van der Waals surface area (Å²) >= 11 is 0. The van der Waals surface area contributed by atoms with E-state index in [0.717, 1.165) is 31.0 Å². The van der Waals surface area contributed by atoms with Crippen molar-refractivity contribution in [3.63, 3.8) is 0 Å². The second-order valence-electron chi connectivity index (χ2n) is 7.23. The maximum atomic E-state index is 12.7. The van der Waals surface area contributed by atoms with Crippen LogP contribution in [0.4, 0.5) is 17.1 Å². The van der Waals surface area contributed by atoms with Gasteiger partial charge in [0.2, 0.25) is 0 Å². The fourth-order valence-corrected chi connectivity index (χ4v) is 3.30. The molecule has 1 fully saturated rings. The zero-order valence-electron chi connectivity index (χ0n) is 16.2. The summed E-state index contributed by atoms with van der Waals surface area (Å²) in [5.74, 6) is -0.357. The maximum Gasteiger partial charge on any atom is 0.289 e. The number of hydrogen-bond acceptors (Lipinski definition) is 6. The topological polar surface area (TPSA) is 136 Å². The predicted octanol–water partition coefficient (Wildman–Crippen LogP) is 3.63. The summed E-state index contributed by atoms with van der Waals surface area (Å²) in [7, 11) is 0. The van der Waals surface area contributed by atoms with E-state index in [4.69, 9.17) is 0 Å². The lowest BCUT2D eigenvalue weighted by molar-refractivity contribution is -0.394. The summed E-state index contributed by atoms with van der Waals surface area (Å²) in [6, 6.07) is 9.13. The van der Waals surface area contributed by atoms with E-state index in [1.807, 2.05) is 0 Å². The standard InChI is InChI=1S/C20H20N4O6/c1-13-7-9-22(10-8-13)20(26)14-3-2-4-15(11-14)21-19(25)17-6-5-16(23(27)28)12-18(17)24(29)30/h2-6,11-13H,7-10H2,1H3,(H,21,25). The molecule has 30 heavy (non-hydrogen) atoms. The highest BCUT2D eigenvalue weighted by Gasteiger charge is 2.25. The Bertz CT molecular complexity index is 1010. The SMILES string of the molecule is CC1CCN(C(=O)c2cccc(NC(=O)c3ccc([N+](=O)[O-])cc3[N+](=O)[O-])c2)CC1. The largest absolute Gasteiger partial charge is 0.339 e. The number of anilines is 1. The number of nitro benzene ring substituents is 2. The molecule has 1 saturated heterocycles. The fourth-order valence-electron chi connectivity index (χ4n) is 3.30. The summed E-state index contributed by atoms with van der Waals surface area (Å²) < 4.78 is 0. The van der Waals surface area contributed by atoms with Crippen LogP contribution in [0.15, 0.2) is 42.5 Å². The van der Waals surface area contributed by atoms with Crippen LogP contribution in [0.5, 0.6) is 0 Å². The zero-order chi connectivity index (χ0) is 21.8. The molecule has 0 unspecified atom stereocenters. The monoisotopic (exact) mass is 412 g/mol. The van der Waals surface area contributed by atoms with Crippen molar-refractivity contribution in [3.8, 4) is 0 Å². The van der Waals surface area contributed by atoms with E-state index in [1.165, 1.54) is 6.07 Å². The van der Waals surface area contributed by atoms with Crippen molar-refractivity contribution in [2.45, 2.75) is 19.8 Å². The van der Waals surface area contributed by atoms with Crippen LogP contribution in [0.25, 0.3) is 0 Å². The number of carbonyl (C=O) groups is 2. The van der Waals surface area contributed by atoms with Crippen LogP contribution in [-0.4, -0.2) is 39.7 Å². The van der Waals surface area contributed by atoms with Gasteiger partial charge in [-0.05, 0) is 43.0 Å². The minimum absolute atomic E-state index is 0.140. The van der Waals surface area contributed by atoms with E-state index < -0.39 is 27.1 Å². The molecule has 1 aliphatic rings. The smallest absolute Gasteiger partial charge is 0.289 e. The Hall–Kier alpha value is -3.82. The first-order valence-corrected chi connectivity index (χ1v) is 9.40.